The third kappa shape index (κ3) is 6.84. The van der Waals surface area contributed by atoms with Gasteiger partial charge in [0.05, 0.1) is 24.4 Å². The highest BCUT2D eigenvalue weighted by Crippen LogP contribution is 2.38. The van der Waals surface area contributed by atoms with Crippen molar-refractivity contribution in [3.8, 4) is 11.4 Å². The van der Waals surface area contributed by atoms with Crippen molar-refractivity contribution in [3.63, 3.8) is 0 Å². The molecule has 0 bridgehead atoms. The smallest absolute Gasteiger partial charge is 0.350 e. The number of ether oxygens (including phenoxy) is 3. The molecule has 0 saturated carbocycles. The highest BCUT2D eigenvalue weighted by molar-refractivity contribution is 5.54. The fraction of sp³-hybridized carbons (Fsp3) is 0.371. The number of rotatable bonds is 11. The standard InChI is InChI=1S/C35H38F2N8O5/c1-24(25(2)46)45-34(47)44(23-40-45)29-6-4-27(5-7-29)41-13-15-42(16-14-41)28-8-10-30(11-9-28)48-18-31-19-49-35(50-31,20-43-22-38-21-39-43)32-12-3-26(36)17-33(32)37/h3-12,17,21-25,31,46H,13-16,18-20H2,1-2H3/t24-,25+,31-,35-/m1/s1. The van der Waals surface area contributed by atoms with Crippen LogP contribution in [0.15, 0.2) is 90.5 Å². The average Bonchev–Trinajstić information content (AvgIpc) is 3.88. The highest BCUT2D eigenvalue weighted by Gasteiger charge is 2.46. The number of aliphatic hydroxyl groups excluding tert-OH is 1. The molecule has 5 aromatic rings. The maximum absolute atomic E-state index is 14.9. The second-order valence-electron chi connectivity index (χ2n) is 12.5. The van der Waals surface area contributed by atoms with Gasteiger partial charge in [-0.25, -0.2) is 32.5 Å². The predicted octanol–water partition coefficient (Wildman–Crippen LogP) is 3.52. The summed E-state index contributed by atoms with van der Waals surface area (Å²) in [7, 11) is 0. The average molecular weight is 689 g/mol. The van der Waals surface area contributed by atoms with E-state index < -0.39 is 35.7 Å². The molecule has 0 amide bonds. The summed E-state index contributed by atoms with van der Waals surface area (Å²) < 4.78 is 51.1. The molecule has 4 atom stereocenters. The number of nitrogens with zero attached hydrogens (tertiary/aromatic N) is 8. The van der Waals surface area contributed by atoms with Crippen LogP contribution in [0.1, 0.15) is 25.5 Å². The van der Waals surface area contributed by atoms with Gasteiger partial charge in [0.15, 0.2) is 0 Å². The van der Waals surface area contributed by atoms with Crippen LogP contribution >= 0.6 is 0 Å². The van der Waals surface area contributed by atoms with Gasteiger partial charge >= 0.3 is 5.69 Å². The lowest BCUT2D eigenvalue weighted by Gasteiger charge is -2.37. The van der Waals surface area contributed by atoms with E-state index in [0.717, 1.165) is 43.6 Å². The van der Waals surface area contributed by atoms with E-state index in [0.29, 0.717) is 11.4 Å². The van der Waals surface area contributed by atoms with Crippen molar-refractivity contribution >= 4 is 11.4 Å². The highest BCUT2D eigenvalue weighted by atomic mass is 19.1. The molecule has 262 valence electrons. The maximum atomic E-state index is 14.9. The quantitative estimate of drug-likeness (QED) is 0.221. The molecule has 0 unspecified atom stereocenters. The van der Waals surface area contributed by atoms with Gasteiger partial charge < -0.3 is 29.1 Å². The van der Waals surface area contributed by atoms with E-state index in [1.807, 2.05) is 48.5 Å². The summed E-state index contributed by atoms with van der Waals surface area (Å²) in [5.74, 6) is -2.33. The van der Waals surface area contributed by atoms with Crippen LogP contribution < -0.4 is 20.2 Å². The Morgan fingerprint density at radius 3 is 2.20 bits per heavy atom. The van der Waals surface area contributed by atoms with E-state index in [-0.39, 0.29) is 31.0 Å². The Hall–Kier alpha value is -5.12. The van der Waals surface area contributed by atoms with E-state index in [1.54, 1.807) is 13.8 Å². The Morgan fingerprint density at radius 2 is 1.58 bits per heavy atom. The van der Waals surface area contributed by atoms with Gasteiger partial charge in [0.2, 0.25) is 5.79 Å². The van der Waals surface area contributed by atoms with Gasteiger partial charge in [0.1, 0.15) is 55.6 Å². The van der Waals surface area contributed by atoms with Crippen LogP contribution in [0.3, 0.4) is 0 Å². The number of aliphatic hydroxyl groups is 1. The van der Waals surface area contributed by atoms with Crippen molar-refractivity contribution in [2.75, 3.05) is 49.2 Å². The molecular formula is C35H38F2N8O5. The van der Waals surface area contributed by atoms with E-state index in [2.05, 4.69) is 25.0 Å². The van der Waals surface area contributed by atoms with Gasteiger partial charge in [0, 0.05) is 49.2 Å². The molecule has 1 N–H and O–H groups in total. The van der Waals surface area contributed by atoms with Crippen molar-refractivity contribution in [2.24, 2.45) is 0 Å². The fourth-order valence-corrected chi connectivity index (χ4v) is 6.25. The second kappa shape index (κ2) is 14.0. The number of piperazine rings is 1. The number of halogens is 2. The summed E-state index contributed by atoms with van der Waals surface area (Å²) in [6.07, 6.45) is 3.11. The first-order valence-corrected chi connectivity index (χ1v) is 16.5. The van der Waals surface area contributed by atoms with Crippen LogP contribution in [0.2, 0.25) is 0 Å². The molecule has 4 heterocycles. The monoisotopic (exact) mass is 688 g/mol. The van der Waals surface area contributed by atoms with Crippen LogP contribution in [0, 0.1) is 11.6 Å². The lowest BCUT2D eigenvalue weighted by atomic mass is 10.0. The minimum atomic E-state index is -1.52. The van der Waals surface area contributed by atoms with Gasteiger partial charge in [-0.2, -0.15) is 10.2 Å². The Kier molecular flexibility index (Phi) is 9.35. The summed E-state index contributed by atoms with van der Waals surface area (Å²) in [5.41, 5.74) is 2.64. The molecule has 3 aromatic carbocycles. The van der Waals surface area contributed by atoms with Gasteiger partial charge in [0.25, 0.3) is 0 Å². The molecule has 15 heteroatoms. The van der Waals surface area contributed by atoms with E-state index in [1.165, 1.54) is 45.0 Å². The summed E-state index contributed by atoms with van der Waals surface area (Å²) in [5, 5.41) is 18.1. The minimum Gasteiger partial charge on any atom is -0.491 e. The van der Waals surface area contributed by atoms with E-state index in [9.17, 15) is 18.7 Å². The zero-order valence-corrected chi connectivity index (χ0v) is 27.7. The molecule has 2 fully saturated rings. The molecule has 0 aliphatic carbocycles. The largest absolute Gasteiger partial charge is 0.491 e. The molecule has 2 aromatic heterocycles. The molecule has 2 aliphatic heterocycles. The summed E-state index contributed by atoms with van der Waals surface area (Å²) >= 11 is 0. The number of aromatic nitrogens is 6. The molecule has 0 radical (unpaired) electrons. The third-order valence-electron chi connectivity index (χ3n) is 9.23. The van der Waals surface area contributed by atoms with Crippen molar-refractivity contribution in [1.29, 1.82) is 0 Å². The molecule has 50 heavy (non-hydrogen) atoms. The maximum Gasteiger partial charge on any atom is 0.350 e. The molecule has 13 nitrogen and oxygen atoms in total. The zero-order valence-electron chi connectivity index (χ0n) is 27.7. The fourth-order valence-electron chi connectivity index (χ4n) is 6.25. The Morgan fingerprint density at radius 1 is 0.920 bits per heavy atom. The third-order valence-corrected chi connectivity index (χ3v) is 9.23. The number of hydrogen-bond acceptors (Lipinski definition) is 10. The predicted molar refractivity (Wildman–Crippen MR) is 179 cm³/mol. The van der Waals surface area contributed by atoms with E-state index >= 15 is 0 Å². The number of benzene rings is 3. The van der Waals surface area contributed by atoms with Crippen LogP contribution in [-0.4, -0.2) is 85.8 Å². The Balaban J connectivity index is 0.924. The van der Waals surface area contributed by atoms with Crippen LogP contribution in [0.25, 0.3) is 5.69 Å². The van der Waals surface area contributed by atoms with Crippen LogP contribution in [0.5, 0.6) is 5.75 Å². The number of anilines is 2. The first kappa shape index (κ1) is 33.4. The minimum absolute atomic E-state index is 0.0259. The first-order valence-electron chi connectivity index (χ1n) is 16.5. The summed E-state index contributed by atoms with van der Waals surface area (Å²) in [6.45, 7) is 7.02. The lowest BCUT2D eigenvalue weighted by Crippen LogP contribution is -2.46. The molecular weight excluding hydrogens is 650 g/mol. The Labute approximate surface area is 286 Å². The molecule has 7 rings (SSSR count). The van der Waals surface area contributed by atoms with Gasteiger partial charge in [-0.05, 0) is 74.5 Å². The van der Waals surface area contributed by atoms with Gasteiger partial charge in [-0.15, -0.1) is 0 Å². The van der Waals surface area contributed by atoms with Crippen molar-refractivity contribution in [1.82, 2.24) is 29.1 Å². The number of hydrogen-bond donors (Lipinski definition) is 1. The molecule has 2 aliphatic rings. The van der Waals surface area contributed by atoms with Crippen LogP contribution in [-0.2, 0) is 21.8 Å². The van der Waals surface area contributed by atoms with Crippen LogP contribution in [0.4, 0.5) is 20.2 Å². The zero-order chi connectivity index (χ0) is 34.8. The summed E-state index contributed by atoms with van der Waals surface area (Å²) in [6, 6.07) is 18.5. The second-order valence-corrected chi connectivity index (χ2v) is 12.5. The normalized spacial score (nSPS) is 20.6. The summed E-state index contributed by atoms with van der Waals surface area (Å²) in [4.78, 5) is 21.4. The first-order chi connectivity index (χ1) is 24.2. The van der Waals surface area contributed by atoms with Gasteiger partial charge in [-0.3, -0.25) is 0 Å². The van der Waals surface area contributed by atoms with Crippen molar-refractivity contribution in [3.05, 3.63) is 113 Å². The molecule has 2 saturated heterocycles. The molecule has 0 spiro atoms. The van der Waals surface area contributed by atoms with Crippen molar-refractivity contribution < 1.29 is 28.1 Å². The SMILES string of the molecule is C[C@H](O)[C@@H](C)n1ncn(-c2ccc(N3CCN(c4ccc(OC[C@@H]5CO[C@@](Cn6cncn6)(c6ccc(F)cc6F)O5)cc4)CC3)cc2)c1=O. The van der Waals surface area contributed by atoms with E-state index in [4.69, 9.17) is 14.2 Å². The lowest BCUT2D eigenvalue weighted by molar-refractivity contribution is -0.192. The van der Waals surface area contributed by atoms with Gasteiger partial charge in [-0.1, -0.05) is 0 Å². The Bertz CT molecular complexity index is 1940. The topological polar surface area (TPSA) is 125 Å². The van der Waals surface area contributed by atoms with Crippen molar-refractivity contribution in [2.45, 2.75) is 44.4 Å².